The lowest BCUT2D eigenvalue weighted by atomic mass is 9.98. The fourth-order valence-corrected chi connectivity index (χ4v) is 7.22. The third-order valence-electron chi connectivity index (χ3n) is 10.2. The highest BCUT2D eigenvalue weighted by atomic mass is 31.2. The number of rotatable bonds is 38. The van der Waals surface area contributed by atoms with Crippen LogP contribution in [0.1, 0.15) is 181 Å². The standard InChI is InChI=1S/C40H76N5O8P/c1-6-8-10-12-14-16-18-22-28-39(41-42-39)30-24-20-26-37(46)50-34-36(35-52-54(48,49)51-33-32-45(3,4)5)53-38(47)27-21-25-31-40(43-44-40)29-23-19-17-15-13-11-9-7-2/h36H,6-35H2,1-5H3. The van der Waals surface area contributed by atoms with Crippen LogP contribution in [0, 0.1) is 0 Å². The molecule has 2 aliphatic rings. The van der Waals surface area contributed by atoms with Crippen molar-refractivity contribution in [1.82, 2.24) is 0 Å². The lowest BCUT2D eigenvalue weighted by molar-refractivity contribution is -0.870. The first-order valence-corrected chi connectivity index (χ1v) is 22.9. The minimum absolute atomic E-state index is 0.0518. The maximum atomic E-state index is 12.8. The van der Waals surface area contributed by atoms with Crippen LogP contribution in [-0.4, -0.2) is 81.4 Å². The molecule has 2 atom stereocenters. The predicted molar refractivity (Wildman–Crippen MR) is 210 cm³/mol. The molecule has 0 aromatic heterocycles. The lowest BCUT2D eigenvalue weighted by Gasteiger charge is -2.28. The first kappa shape index (κ1) is 48.4. The van der Waals surface area contributed by atoms with Gasteiger partial charge in [-0.25, -0.2) is 0 Å². The Morgan fingerprint density at radius 3 is 1.43 bits per heavy atom. The summed E-state index contributed by atoms with van der Waals surface area (Å²) in [6, 6.07) is 0. The van der Waals surface area contributed by atoms with Crippen molar-refractivity contribution in [3.63, 3.8) is 0 Å². The number of unbranched alkanes of at least 4 members (excludes halogenated alkanes) is 16. The Kier molecular flexibility index (Phi) is 24.1. The Morgan fingerprint density at radius 2 is 1.00 bits per heavy atom. The molecule has 0 saturated carbocycles. The predicted octanol–water partition coefficient (Wildman–Crippen LogP) is 10.2. The summed E-state index contributed by atoms with van der Waals surface area (Å²) in [7, 11) is 1.09. The largest absolute Gasteiger partial charge is 0.756 e. The molecule has 0 spiro atoms. The number of phosphoric ester groups is 1. The van der Waals surface area contributed by atoms with Crippen molar-refractivity contribution in [3.05, 3.63) is 0 Å². The zero-order valence-corrected chi connectivity index (χ0v) is 35.6. The van der Waals surface area contributed by atoms with Crippen molar-refractivity contribution >= 4 is 19.8 Å². The highest BCUT2D eigenvalue weighted by Gasteiger charge is 2.39. The molecule has 54 heavy (non-hydrogen) atoms. The quantitative estimate of drug-likeness (QED) is 0.0259. The second-order valence-corrected chi connectivity index (χ2v) is 18.0. The second-order valence-electron chi connectivity index (χ2n) is 16.6. The number of ether oxygens (including phenoxy) is 2. The van der Waals surface area contributed by atoms with Gasteiger partial charge in [0.2, 0.25) is 0 Å². The molecule has 0 radical (unpaired) electrons. The van der Waals surface area contributed by atoms with E-state index in [9.17, 15) is 19.0 Å². The van der Waals surface area contributed by atoms with Crippen LogP contribution in [0.15, 0.2) is 20.5 Å². The van der Waals surface area contributed by atoms with Gasteiger partial charge in [0.25, 0.3) is 7.82 Å². The molecular formula is C40H76N5O8P. The first-order chi connectivity index (χ1) is 25.8. The zero-order valence-electron chi connectivity index (χ0n) is 34.7. The number of hydrogen-bond acceptors (Lipinski definition) is 12. The van der Waals surface area contributed by atoms with Gasteiger partial charge in [0.05, 0.1) is 27.7 Å². The van der Waals surface area contributed by atoms with Crippen LogP contribution in [-0.2, 0) is 32.7 Å². The van der Waals surface area contributed by atoms with E-state index in [1.807, 2.05) is 21.1 Å². The molecule has 2 heterocycles. The van der Waals surface area contributed by atoms with Crippen molar-refractivity contribution in [2.45, 2.75) is 198 Å². The van der Waals surface area contributed by atoms with E-state index in [-0.39, 0.29) is 37.4 Å². The van der Waals surface area contributed by atoms with E-state index in [0.717, 1.165) is 51.4 Å². The summed E-state index contributed by atoms with van der Waals surface area (Å²) < 4.78 is 34.0. The van der Waals surface area contributed by atoms with Gasteiger partial charge >= 0.3 is 11.9 Å². The smallest absolute Gasteiger partial charge is 0.306 e. The number of hydrogen-bond donors (Lipinski definition) is 0. The third-order valence-corrected chi connectivity index (χ3v) is 11.2. The molecule has 0 aromatic carbocycles. The fraction of sp³-hybridized carbons (Fsp3) is 0.950. The molecule has 0 aromatic rings. The minimum atomic E-state index is -4.66. The van der Waals surface area contributed by atoms with Crippen LogP contribution >= 0.6 is 7.82 Å². The molecule has 13 nitrogen and oxygen atoms in total. The summed E-state index contributed by atoms with van der Waals surface area (Å²) in [6.07, 6.45) is 25.8. The van der Waals surface area contributed by atoms with Crippen LogP contribution in [0.2, 0.25) is 0 Å². The van der Waals surface area contributed by atoms with Gasteiger partial charge in [-0.05, 0) is 64.2 Å². The second kappa shape index (κ2) is 27.0. The van der Waals surface area contributed by atoms with E-state index in [2.05, 4.69) is 34.3 Å². The number of esters is 2. The molecule has 14 heteroatoms. The average Bonchev–Trinajstić information content (AvgIpc) is 4.06. The summed E-state index contributed by atoms with van der Waals surface area (Å²) in [5, 5.41) is 17.3. The van der Waals surface area contributed by atoms with Gasteiger partial charge in [-0.1, -0.05) is 104 Å². The van der Waals surface area contributed by atoms with E-state index in [0.29, 0.717) is 23.9 Å². The molecule has 314 valence electrons. The van der Waals surface area contributed by atoms with Crippen molar-refractivity contribution in [2.75, 3.05) is 47.5 Å². The van der Waals surface area contributed by atoms with Gasteiger partial charge in [0, 0.05) is 12.8 Å². The number of likely N-dealkylation sites (N-methyl/N-ethyl adjacent to an activating group) is 1. The van der Waals surface area contributed by atoms with E-state index < -0.39 is 32.5 Å². The highest BCUT2D eigenvalue weighted by molar-refractivity contribution is 7.45. The first-order valence-electron chi connectivity index (χ1n) is 21.5. The number of nitrogens with zero attached hydrogens (tertiary/aromatic N) is 5. The molecular weight excluding hydrogens is 709 g/mol. The van der Waals surface area contributed by atoms with Crippen molar-refractivity contribution in [3.8, 4) is 0 Å². The van der Waals surface area contributed by atoms with E-state index >= 15 is 0 Å². The summed E-state index contributed by atoms with van der Waals surface area (Å²) in [6.45, 7) is 4.05. The van der Waals surface area contributed by atoms with Crippen LogP contribution in [0.4, 0.5) is 0 Å². The molecule has 0 saturated heterocycles. The van der Waals surface area contributed by atoms with Crippen molar-refractivity contribution in [1.29, 1.82) is 0 Å². The van der Waals surface area contributed by atoms with Gasteiger partial charge < -0.3 is 27.9 Å². The molecule has 0 aliphatic carbocycles. The van der Waals surface area contributed by atoms with E-state index in [4.69, 9.17) is 18.5 Å². The van der Waals surface area contributed by atoms with Gasteiger partial charge in [0.1, 0.15) is 19.8 Å². The Hall–Kier alpha value is -1.79. The zero-order chi connectivity index (χ0) is 39.6. The number of phosphoric acid groups is 1. The van der Waals surface area contributed by atoms with Crippen LogP contribution in [0.3, 0.4) is 0 Å². The Labute approximate surface area is 327 Å². The Balaban J connectivity index is 1.69. The fourth-order valence-electron chi connectivity index (χ4n) is 6.49. The SMILES string of the molecule is CCCCCCCCCCC1(CCCCC(=O)OCC(COP(=O)([O-])OCC[N+](C)(C)C)OC(=O)CCCCC2(CCCCCCCCCC)N=N2)N=N1. The molecule has 0 fully saturated rings. The van der Waals surface area contributed by atoms with Crippen molar-refractivity contribution in [2.24, 2.45) is 20.5 Å². The lowest BCUT2D eigenvalue weighted by Crippen LogP contribution is -2.37. The maximum Gasteiger partial charge on any atom is 0.306 e. The van der Waals surface area contributed by atoms with Crippen LogP contribution in [0.25, 0.3) is 0 Å². The summed E-state index contributed by atoms with van der Waals surface area (Å²) in [5.74, 6) is -0.951. The summed E-state index contributed by atoms with van der Waals surface area (Å²) in [5.41, 5.74) is -0.549. The van der Waals surface area contributed by atoms with E-state index in [1.165, 1.54) is 89.9 Å². The van der Waals surface area contributed by atoms with Crippen molar-refractivity contribution < 1.29 is 42.1 Å². The highest BCUT2D eigenvalue weighted by Crippen LogP contribution is 2.40. The number of carbonyl (C=O) groups excluding carboxylic acids is 2. The minimum Gasteiger partial charge on any atom is -0.756 e. The van der Waals surface area contributed by atoms with Crippen LogP contribution < -0.4 is 4.89 Å². The van der Waals surface area contributed by atoms with Gasteiger partial charge in [-0.15, -0.1) is 0 Å². The Bertz CT molecular complexity index is 1140. The van der Waals surface area contributed by atoms with E-state index in [1.54, 1.807) is 0 Å². The van der Waals surface area contributed by atoms with Gasteiger partial charge in [0.15, 0.2) is 17.4 Å². The molecule has 2 unspecified atom stereocenters. The number of quaternary nitrogens is 1. The third kappa shape index (κ3) is 25.4. The molecule has 0 bridgehead atoms. The Morgan fingerprint density at radius 1 is 0.593 bits per heavy atom. The summed E-state index contributed by atoms with van der Waals surface area (Å²) >= 11 is 0. The summed E-state index contributed by atoms with van der Waals surface area (Å²) in [4.78, 5) is 37.8. The monoisotopic (exact) mass is 786 g/mol. The molecule has 0 amide bonds. The van der Waals surface area contributed by atoms with Gasteiger partial charge in [-0.2, -0.15) is 20.5 Å². The molecule has 0 N–H and O–H groups in total. The number of carbonyl (C=O) groups is 2. The maximum absolute atomic E-state index is 12.8. The van der Waals surface area contributed by atoms with Gasteiger partial charge in [-0.3, -0.25) is 14.2 Å². The topological polar surface area (TPSA) is 161 Å². The van der Waals surface area contributed by atoms with Crippen LogP contribution in [0.5, 0.6) is 0 Å². The normalized spacial score (nSPS) is 16.9. The molecule has 2 rings (SSSR count). The molecule has 2 aliphatic heterocycles. The average molecular weight is 786 g/mol.